The lowest BCUT2D eigenvalue weighted by Gasteiger charge is -2.13. The molecule has 0 spiro atoms. The predicted octanol–water partition coefficient (Wildman–Crippen LogP) is 3.74. The first-order chi connectivity index (χ1) is 15.0. The summed E-state index contributed by atoms with van der Waals surface area (Å²) in [6, 6.07) is 6.62. The lowest BCUT2D eigenvalue weighted by molar-refractivity contribution is 0.110. The van der Waals surface area contributed by atoms with Crippen LogP contribution in [0.3, 0.4) is 0 Å². The molecule has 5 rings (SSSR count). The summed E-state index contributed by atoms with van der Waals surface area (Å²) >= 11 is 6.45. The molecule has 3 aromatic rings. The number of nitrogens with zero attached hydrogens (tertiary/aromatic N) is 3. The summed E-state index contributed by atoms with van der Waals surface area (Å²) in [7, 11) is 0. The normalized spacial score (nSPS) is 20.1. The standard InChI is InChI=1S/C24H26ClN5O/c25-20-13-28-23(26)29-22(20)19-15-30(14-17-4-3-11-27-17)21-6-5-16(12-18(19)21)7-10-24(31)8-1-2-9-24/h5-6,12-13,15,17,27,31H,1-4,8-9,11,14H2,(H2,26,28,29). The maximum atomic E-state index is 10.6. The number of fused-ring (bicyclic) bond motifs is 1. The van der Waals surface area contributed by atoms with Gasteiger partial charge >= 0.3 is 0 Å². The van der Waals surface area contributed by atoms with E-state index < -0.39 is 5.60 Å². The first-order valence-electron chi connectivity index (χ1n) is 10.9. The van der Waals surface area contributed by atoms with Crippen molar-refractivity contribution in [2.45, 2.75) is 56.7 Å². The molecule has 160 valence electrons. The van der Waals surface area contributed by atoms with Crippen LogP contribution in [0.4, 0.5) is 5.95 Å². The zero-order valence-electron chi connectivity index (χ0n) is 17.4. The summed E-state index contributed by atoms with van der Waals surface area (Å²) in [4.78, 5) is 8.42. The number of nitrogens with one attached hydrogen (secondary N) is 1. The number of aromatic nitrogens is 3. The summed E-state index contributed by atoms with van der Waals surface area (Å²) < 4.78 is 2.25. The van der Waals surface area contributed by atoms with E-state index in [2.05, 4.69) is 50.0 Å². The minimum atomic E-state index is -0.859. The molecule has 0 radical (unpaired) electrons. The molecule has 2 aliphatic rings. The van der Waals surface area contributed by atoms with Crippen LogP contribution < -0.4 is 11.1 Å². The van der Waals surface area contributed by atoms with E-state index in [0.29, 0.717) is 16.8 Å². The number of hydrogen-bond donors (Lipinski definition) is 3. The minimum Gasteiger partial charge on any atom is -0.378 e. The Morgan fingerprint density at radius 1 is 1.29 bits per heavy atom. The lowest BCUT2D eigenvalue weighted by Crippen LogP contribution is -2.26. The van der Waals surface area contributed by atoms with Crippen LogP contribution in [-0.4, -0.2) is 37.8 Å². The maximum absolute atomic E-state index is 10.6. The van der Waals surface area contributed by atoms with Crippen LogP contribution in [0.1, 0.15) is 44.1 Å². The number of anilines is 1. The molecule has 0 amide bonds. The van der Waals surface area contributed by atoms with Gasteiger partial charge in [0.25, 0.3) is 0 Å². The Bertz CT molecular complexity index is 1180. The van der Waals surface area contributed by atoms with Gasteiger partial charge in [0.05, 0.1) is 16.9 Å². The van der Waals surface area contributed by atoms with E-state index in [4.69, 9.17) is 17.3 Å². The van der Waals surface area contributed by atoms with Gasteiger partial charge in [-0.1, -0.05) is 23.4 Å². The minimum absolute atomic E-state index is 0.192. The molecule has 0 bridgehead atoms. The largest absolute Gasteiger partial charge is 0.378 e. The highest BCUT2D eigenvalue weighted by Gasteiger charge is 2.28. The third-order valence-electron chi connectivity index (χ3n) is 6.35. The van der Waals surface area contributed by atoms with E-state index in [9.17, 15) is 5.11 Å². The van der Waals surface area contributed by atoms with Crippen molar-refractivity contribution in [3.05, 3.63) is 41.2 Å². The SMILES string of the molecule is Nc1ncc(Cl)c(-c2cn(CC3CCCN3)c3ccc(C#CC4(O)CCCC4)cc23)n1. The molecule has 1 aromatic carbocycles. The molecule has 6 nitrogen and oxygen atoms in total. The van der Waals surface area contributed by atoms with E-state index in [-0.39, 0.29) is 5.95 Å². The number of benzene rings is 1. The fourth-order valence-electron chi connectivity index (χ4n) is 4.71. The number of nitrogens with two attached hydrogens (primary N) is 1. The first kappa shape index (κ1) is 20.3. The summed E-state index contributed by atoms with van der Waals surface area (Å²) in [6.07, 6.45) is 9.55. The topological polar surface area (TPSA) is 89.0 Å². The average molecular weight is 436 g/mol. The quantitative estimate of drug-likeness (QED) is 0.545. The Balaban J connectivity index is 1.61. The number of aliphatic hydroxyl groups is 1. The molecule has 1 aliphatic carbocycles. The van der Waals surface area contributed by atoms with Crippen LogP contribution >= 0.6 is 11.6 Å². The highest BCUT2D eigenvalue weighted by atomic mass is 35.5. The molecule has 31 heavy (non-hydrogen) atoms. The molecule has 3 heterocycles. The highest BCUT2D eigenvalue weighted by Crippen LogP contribution is 2.35. The molecule has 7 heteroatoms. The van der Waals surface area contributed by atoms with Gasteiger partial charge in [-0.3, -0.25) is 0 Å². The second-order valence-corrected chi connectivity index (χ2v) is 9.04. The molecular formula is C24H26ClN5O. The average Bonchev–Trinajstić information content (AvgIpc) is 3.50. The van der Waals surface area contributed by atoms with Gasteiger partial charge in [-0.25, -0.2) is 9.97 Å². The van der Waals surface area contributed by atoms with Gasteiger partial charge in [0, 0.05) is 40.8 Å². The zero-order chi connectivity index (χ0) is 21.4. The van der Waals surface area contributed by atoms with Crippen molar-refractivity contribution in [2.75, 3.05) is 12.3 Å². The fourth-order valence-corrected chi connectivity index (χ4v) is 4.90. The van der Waals surface area contributed by atoms with Crippen LogP contribution in [0, 0.1) is 11.8 Å². The van der Waals surface area contributed by atoms with Crippen molar-refractivity contribution >= 4 is 28.5 Å². The second-order valence-electron chi connectivity index (χ2n) is 8.63. The van der Waals surface area contributed by atoms with Crippen LogP contribution in [0.15, 0.2) is 30.6 Å². The van der Waals surface area contributed by atoms with Gasteiger partial charge in [-0.15, -0.1) is 0 Å². The summed E-state index contributed by atoms with van der Waals surface area (Å²) in [5, 5.41) is 15.6. The van der Waals surface area contributed by atoms with Crippen LogP contribution in [0.5, 0.6) is 0 Å². The van der Waals surface area contributed by atoms with E-state index in [1.54, 1.807) is 6.20 Å². The molecule has 1 aliphatic heterocycles. The van der Waals surface area contributed by atoms with E-state index >= 15 is 0 Å². The van der Waals surface area contributed by atoms with Gasteiger partial charge in [-0.05, 0) is 63.3 Å². The molecule has 1 saturated carbocycles. The second kappa shape index (κ2) is 8.16. The fraction of sp³-hybridized carbons (Fsp3) is 0.417. The van der Waals surface area contributed by atoms with Gasteiger partial charge in [0.15, 0.2) is 0 Å². The number of halogens is 1. The van der Waals surface area contributed by atoms with Gasteiger partial charge in [-0.2, -0.15) is 0 Å². The number of hydrogen-bond acceptors (Lipinski definition) is 5. The van der Waals surface area contributed by atoms with Crippen molar-refractivity contribution in [2.24, 2.45) is 0 Å². The van der Waals surface area contributed by atoms with E-state index in [1.807, 2.05) is 6.07 Å². The molecule has 1 unspecified atom stereocenters. The summed E-state index contributed by atoms with van der Waals surface area (Å²) in [5.41, 5.74) is 8.50. The van der Waals surface area contributed by atoms with E-state index in [1.165, 1.54) is 12.8 Å². The number of rotatable bonds is 3. The third kappa shape index (κ3) is 4.14. The van der Waals surface area contributed by atoms with Crippen molar-refractivity contribution in [3.8, 4) is 23.1 Å². The molecule has 2 fully saturated rings. The Morgan fingerprint density at radius 2 is 2.13 bits per heavy atom. The zero-order valence-corrected chi connectivity index (χ0v) is 18.1. The predicted molar refractivity (Wildman–Crippen MR) is 124 cm³/mol. The molecule has 1 atom stereocenters. The number of nitrogen functional groups attached to an aromatic ring is 1. The maximum Gasteiger partial charge on any atom is 0.220 e. The van der Waals surface area contributed by atoms with Crippen LogP contribution in [0.2, 0.25) is 5.02 Å². The Morgan fingerprint density at radius 3 is 2.90 bits per heavy atom. The summed E-state index contributed by atoms with van der Waals surface area (Å²) in [5.74, 6) is 6.49. The van der Waals surface area contributed by atoms with Crippen molar-refractivity contribution < 1.29 is 5.11 Å². The van der Waals surface area contributed by atoms with Crippen molar-refractivity contribution in [1.82, 2.24) is 19.9 Å². The molecule has 4 N–H and O–H groups in total. The van der Waals surface area contributed by atoms with Crippen LogP contribution in [0.25, 0.3) is 22.2 Å². The molecular weight excluding hydrogens is 410 g/mol. The van der Waals surface area contributed by atoms with Gasteiger partial charge in [0.1, 0.15) is 5.60 Å². The van der Waals surface area contributed by atoms with Crippen molar-refractivity contribution in [1.29, 1.82) is 0 Å². The summed E-state index contributed by atoms with van der Waals surface area (Å²) in [6.45, 7) is 1.94. The Kier molecular flexibility index (Phi) is 5.35. The Hall–Kier alpha value is -2.59. The van der Waals surface area contributed by atoms with Crippen LogP contribution in [-0.2, 0) is 6.54 Å². The van der Waals surface area contributed by atoms with E-state index in [0.717, 1.165) is 60.8 Å². The van der Waals surface area contributed by atoms with Crippen molar-refractivity contribution in [3.63, 3.8) is 0 Å². The molecule has 2 aromatic heterocycles. The smallest absolute Gasteiger partial charge is 0.220 e. The molecule has 1 saturated heterocycles. The van der Waals surface area contributed by atoms with Gasteiger partial charge in [0.2, 0.25) is 5.95 Å². The monoisotopic (exact) mass is 435 g/mol. The highest BCUT2D eigenvalue weighted by molar-refractivity contribution is 6.33. The lowest BCUT2D eigenvalue weighted by atomic mass is 10.0. The van der Waals surface area contributed by atoms with Gasteiger partial charge < -0.3 is 20.7 Å². The third-order valence-corrected chi connectivity index (χ3v) is 6.63. The first-order valence-corrected chi connectivity index (χ1v) is 11.3. The Labute approximate surface area is 186 Å².